The van der Waals surface area contributed by atoms with Crippen molar-refractivity contribution in [2.75, 3.05) is 0 Å². The molecule has 3 aromatic carbocycles. The third-order valence-electron chi connectivity index (χ3n) is 3.50. The summed E-state index contributed by atoms with van der Waals surface area (Å²) in [6.07, 6.45) is 0. The minimum atomic E-state index is -0.340. The average Bonchev–Trinajstić information content (AvgIpc) is 2.48. The molecule has 0 heterocycles. The number of phenolic OH excluding ortho intramolecular Hbond substituents is 1. The molecular weight excluding hydrogens is 314 g/mol. The van der Waals surface area contributed by atoms with E-state index in [4.69, 9.17) is 5.73 Å². The van der Waals surface area contributed by atoms with Crippen LogP contribution in [0.3, 0.4) is 0 Å². The summed E-state index contributed by atoms with van der Waals surface area (Å²) in [5.41, 5.74) is 8.00. The minimum absolute atomic E-state index is 0.263. The molecule has 100 valence electrons. The first-order valence-corrected chi connectivity index (χ1v) is 7.18. The average molecular weight is 328 g/mol. The van der Waals surface area contributed by atoms with Gasteiger partial charge in [0.25, 0.3) is 0 Å². The predicted molar refractivity (Wildman–Crippen MR) is 85.8 cm³/mol. The van der Waals surface area contributed by atoms with Gasteiger partial charge in [0.15, 0.2) is 0 Å². The van der Waals surface area contributed by atoms with Crippen molar-refractivity contribution in [3.8, 4) is 5.75 Å². The molecular formula is C17H14BrNO. The largest absolute Gasteiger partial charge is 0.507 e. The Bertz CT molecular complexity index is 753. The summed E-state index contributed by atoms with van der Waals surface area (Å²) in [6, 6.07) is 19.1. The highest BCUT2D eigenvalue weighted by molar-refractivity contribution is 9.10. The molecule has 0 radical (unpaired) electrons. The van der Waals surface area contributed by atoms with E-state index in [-0.39, 0.29) is 11.8 Å². The molecule has 3 heteroatoms. The first-order valence-electron chi connectivity index (χ1n) is 6.38. The first kappa shape index (κ1) is 13.2. The van der Waals surface area contributed by atoms with E-state index in [1.807, 2.05) is 60.7 Å². The summed E-state index contributed by atoms with van der Waals surface area (Å²) in [4.78, 5) is 0. The normalized spacial score (nSPS) is 12.5. The maximum Gasteiger partial charge on any atom is 0.128 e. The molecule has 0 fully saturated rings. The number of nitrogens with two attached hydrogens (primary N) is 1. The van der Waals surface area contributed by atoms with E-state index in [0.29, 0.717) is 0 Å². The molecule has 3 N–H and O–H groups in total. The van der Waals surface area contributed by atoms with Crippen molar-refractivity contribution in [2.24, 2.45) is 5.73 Å². The summed E-state index contributed by atoms with van der Waals surface area (Å²) in [5, 5.41) is 12.3. The summed E-state index contributed by atoms with van der Waals surface area (Å²) >= 11 is 3.41. The minimum Gasteiger partial charge on any atom is -0.507 e. The van der Waals surface area contributed by atoms with Crippen molar-refractivity contribution < 1.29 is 5.11 Å². The van der Waals surface area contributed by atoms with Crippen molar-refractivity contribution in [3.05, 3.63) is 76.3 Å². The number of benzene rings is 3. The zero-order chi connectivity index (χ0) is 14.1. The molecule has 0 unspecified atom stereocenters. The van der Waals surface area contributed by atoms with Gasteiger partial charge in [-0.3, -0.25) is 0 Å². The van der Waals surface area contributed by atoms with Gasteiger partial charge in [0, 0.05) is 15.4 Å². The van der Waals surface area contributed by atoms with Crippen LogP contribution in [0.1, 0.15) is 17.2 Å². The number of hydrogen-bond donors (Lipinski definition) is 2. The van der Waals surface area contributed by atoms with Crippen LogP contribution in [0, 0.1) is 0 Å². The molecule has 1 atom stereocenters. The fourth-order valence-electron chi connectivity index (χ4n) is 2.37. The topological polar surface area (TPSA) is 46.2 Å². The van der Waals surface area contributed by atoms with Crippen LogP contribution in [-0.2, 0) is 0 Å². The monoisotopic (exact) mass is 327 g/mol. The Kier molecular flexibility index (Phi) is 3.47. The molecule has 0 aliphatic carbocycles. The summed E-state index contributed by atoms with van der Waals surface area (Å²) < 4.78 is 1.01. The van der Waals surface area contributed by atoms with Crippen LogP contribution in [0.2, 0.25) is 0 Å². The lowest BCUT2D eigenvalue weighted by atomic mass is 9.96. The maximum atomic E-state index is 10.4. The molecule has 3 aromatic rings. The highest BCUT2D eigenvalue weighted by Gasteiger charge is 2.15. The number of hydrogen-bond acceptors (Lipinski definition) is 2. The number of aromatic hydroxyl groups is 1. The maximum absolute atomic E-state index is 10.4. The molecule has 0 aromatic heterocycles. The van der Waals surface area contributed by atoms with E-state index in [1.54, 1.807) is 0 Å². The summed E-state index contributed by atoms with van der Waals surface area (Å²) in [7, 11) is 0. The standard InChI is InChI=1S/C17H14BrNO/c18-13-8-5-12(6-9-13)16(19)15-10-7-11-3-1-2-4-14(11)17(15)20/h1-10,16,20H,19H2/t16-/m0/s1. The number of phenols is 1. The Hall–Kier alpha value is -1.84. The van der Waals surface area contributed by atoms with Gasteiger partial charge in [0.05, 0.1) is 6.04 Å². The Morgan fingerprint density at radius 1 is 0.900 bits per heavy atom. The zero-order valence-corrected chi connectivity index (χ0v) is 12.3. The van der Waals surface area contributed by atoms with Gasteiger partial charge in [-0.1, -0.05) is 64.5 Å². The molecule has 0 aliphatic heterocycles. The molecule has 0 bridgehead atoms. The highest BCUT2D eigenvalue weighted by Crippen LogP contribution is 2.34. The molecule has 3 rings (SSSR count). The Morgan fingerprint density at radius 3 is 2.35 bits per heavy atom. The first-order chi connectivity index (χ1) is 9.66. The second-order valence-electron chi connectivity index (χ2n) is 4.75. The van der Waals surface area contributed by atoms with Crippen LogP contribution in [-0.4, -0.2) is 5.11 Å². The van der Waals surface area contributed by atoms with E-state index in [0.717, 1.165) is 26.4 Å². The van der Waals surface area contributed by atoms with Crippen molar-refractivity contribution >= 4 is 26.7 Å². The Balaban J connectivity index is 2.09. The molecule has 20 heavy (non-hydrogen) atoms. The molecule has 0 saturated heterocycles. The van der Waals surface area contributed by atoms with Gasteiger partial charge in [0.1, 0.15) is 5.75 Å². The lowest BCUT2D eigenvalue weighted by Gasteiger charge is -2.15. The van der Waals surface area contributed by atoms with Crippen LogP contribution in [0.4, 0.5) is 0 Å². The fourth-order valence-corrected chi connectivity index (χ4v) is 2.64. The van der Waals surface area contributed by atoms with Crippen LogP contribution in [0.25, 0.3) is 10.8 Å². The lowest BCUT2D eigenvalue weighted by molar-refractivity contribution is 0.472. The van der Waals surface area contributed by atoms with Crippen molar-refractivity contribution in [2.45, 2.75) is 6.04 Å². The van der Waals surface area contributed by atoms with Gasteiger partial charge in [-0.05, 0) is 23.1 Å². The van der Waals surface area contributed by atoms with Crippen LogP contribution in [0.5, 0.6) is 5.75 Å². The summed E-state index contributed by atoms with van der Waals surface area (Å²) in [6.45, 7) is 0. The van der Waals surface area contributed by atoms with E-state index in [9.17, 15) is 5.11 Å². The molecule has 0 amide bonds. The number of halogens is 1. The van der Waals surface area contributed by atoms with E-state index < -0.39 is 0 Å². The van der Waals surface area contributed by atoms with Gasteiger partial charge in [-0.15, -0.1) is 0 Å². The van der Waals surface area contributed by atoms with Crippen LogP contribution in [0.15, 0.2) is 65.1 Å². The second-order valence-corrected chi connectivity index (χ2v) is 5.67. The van der Waals surface area contributed by atoms with E-state index in [1.165, 1.54) is 0 Å². The van der Waals surface area contributed by atoms with Gasteiger partial charge in [-0.25, -0.2) is 0 Å². The smallest absolute Gasteiger partial charge is 0.128 e. The Morgan fingerprint density at radius 2 is 1.60 bits per heavy atom. The van der Waals surface area contributed by atoms with Crippen molar-refractivity contribution in [1.82, 2.24) is 0 Å². The summed E-state index contributed by atoms with van der Waals surface area (Å²) in [5.74, 6) is 0.263. The van der Waals surface area contributed by atoms with E-state index >= 15 is 0 Å². The second kappa shape index (κ2) is 5.27. The van der Waals surface area contributed by atoms with Gasteiger partial charge in [0.2, 0.25) is 0 Å². The van der Waals surface area contributed by atoms with Gasteiger partial charge >= 0.3 is 0 Å². The lowest BCUT2D eigenvalue weighted by Crippen LogP contribution is -2.11. The molecule has 2 nitrogen and oxygen atoms in total. The van der Waals surface area contributed by atoms with Crippen molar-refractivity contribution in [1.29, 1.82) is 0 Å². The SMILES string of the molecule is N[C@@H](c1ccc(Br)cc1)c1ccc2ccccc2c1O. The number of fused-ring (bicyclic) bond motifs is 1. The molecule has 0 aliphatic rings. The predicted octanol–water partition coefficient (Wildman–Crippen LogP) is 4.36. The quantitative estimate of drug-likeness (QED) is 0.734. The highest BCUT2D eigenvalue weighted by atomic mass is 79.9. The van der Waals surface area contributed by atoms with Gasteiger partial charge < -0.3 is 10.8 Å². The van der Waals surface area contributed by atoms with Gasteiger partial charge in [-0.2, -0.15) is 0 Å². The third kappa shape index (κ3) is 2.30. The van der Waals surface area contributed by atoms with E-state index in [2.05, 4.69) is 15.9 Å². The Labute approximate surface area is 126 Å². The third-order valence-corrected chi connectivity index (χ3v) is 4.02. The van der Waals surface area contributed by atoms with Crippen LogP contribution < -0.4 is 5.73 Å². The van der Waals surface area contributed by atoms with Crippen molar-refractivity contribution in [3.63, 3.8) is 0 Å². The number of rotatable bonds is 2. The zero-order valence-electron chi connectivity index (χ0n) is 10.8. The molecule has 0 spiro atoms. The fraction of sp³-hybridized carbons (Fsp3) is 0.0588. The molecule has 0 saturated carbocycles. The van der Waals surface area contributed by atoms with Crippen LogP contribution >= 0.6 is 15.9 Å².